The summed E-state index contributed by atoms with van der Waals surface area (Å²) in [5.74, 6) is 1.84. The maximum Gasteiger partial charge on any atom is 0.214 e. The number of hydrogen-bond acceptors (Lipinski definition) is 5. The van der Waals surface area contributed by atoms with E-state index in [9.17, 15) is 8.42 Å². The summed E-state index contributed by atoms with van der Waals surface area (Å²) in [5, 5.41) is 6.66. The quantitative estimate of drug-likeness (QED) is 0.480. The van der Waals surface area contributed by atoms with Gasteiger partial charge in [0.25, 0.3) is 0 Å². The van der Waals surface area contributed by atoms with Crippen molar-refractivity contribution in [3.8, 4) is 5.75 Å². The highest BCUT2D eigenvalue weighted by atomic mass is 32.2. The van der Waals surface area contributed by atoms with Crippen molar-refractivity contribution in [2.45, 2.75) is 25.3 Å². The normalized spacial score (nSPS) is 21.2. The van der Waals surface area contributed by atoms with Crippen LogP contribution in [0.3, 0.4) is 0 Å². The zero-order valence-electron chi connectivity index (χ0n) is 17.4. The van der Waals surface area contributed by atoms with Crippen molar-refractivity contribution in [2.24, 2.45) is 4.99 Å². The number of ether oxygens (including phenoxy) is 1. The summed E-state index contributed by atoms with van der Waals surface area (Å²) in [6, 6.07) is 8.35. The summed E-state index contributed by atoms with van der Waals surface area (Å²) in [5.41, 5.74) is 1.17. The van der Waals surface area contributed by atoms with Gasteiger partial charge in [-0.2, -0.15) is 0 Å². The molecule has 0 aromatic heterocycles. The Bertz CT molecular complexity index is 793. The minimum Gasteiger partial charge on any atom is -0.496 e. The lowest BCUT2D eigenvalue weighted by Gasteiger charge is -2.30. The van der Waals surface area contributed by atoms with E-state index in [1.807, 2.05) is 18.2 Å². The predicted octanol–water partition coefficient (Wildman–Crippen LogP) is 1.03. The molecular formula is C20H33N5O3S. The number of sulfonamides is 1. The third-order valence-electron chi connectivity index (χ3n) is 5.62. The highest BCUT2D eigenvalue weighted by Gasteiger charge is 2.28. The number of rotatable bonds is 8. The van der Waals surface area contributed by atoms with Crippen LogP contribution in [0.25, 0.3) is 0 Å². The molecule has 8 nitrogen and oxygen atoms in total. The molecule has 1 unspecified atom stereocenters. The molecule has 2 saturated heterocycles. The number of nitrogens with zero attached hydrogens (tertiary/aromatic N) is 3. The molecule has 0 radical (unpaired) electrons. The lowest BCUT2D eigenvalue weighted by molar-refractivity contribution is 0.239. The topological polar surface area (TPSA) is 86.3 Å². The van der Waals surface area contributed by atoms with Crippen molar-refractivity contribution in [1.82, 2.24) is 19.8 Å². The molecule has 2 heterocycles. The van der Waals surface area contributed by atoms with Gasteiger partial charge in [0.1, 0.15) is 5.75 Å². The zero-order chi connectivity index (χ0) is 20.7. The van der Waals surface area contributed by atoms with Crippen LogP contribution in [0, 0.1) is 0 Å². The first kappa shape index (κ1) is 21.9. The molecule has 1 atom stereocenters. The molecule has 29 heavy (non-hydrogen) atoms. The largest absolute Gasteiger partial charge is 0.496 e. The van der Waals surface area contributed by atoms with E-state index in [1.54, 1.807) is 18.5 Å². The van der Waals surface area contributed by atoms with E-state index in [4.69, 9.17) is 4.74 Å². The van der Waals surface area contributed by atoms with E-state index < -0.39 is 10.0 Å². The third kappa shape index (κ3) is 5.61. The highest BCUT2D eigenvalue weighted by Crippen LogP contribution is 2.31. The number of hydrogen-bond donors (Lipinski definition) is 2. The van der Waals surface area contributed by atoms with Crippen molar-refractivity contribution in [3.63, 3.8) is 0 Å². The van der Waals surface area contributed by atoms with E-state index >= 15 is 0 Å². The molecular weight excluding hydrogens is 390 g/mol. The van der Waals surface area contributed by atoms with Gasteiger partial charge >= 0.3 is 0 Å². The monoisotopic (exact) mass is 423 g/mol. The fraction of sp³-hybridized carbons (Fsp3) is 0.650. The van der Waals surface area contributed by atoms with Crippen LogP contribution in [0.5, 0.6) is 5.75 Å². The number of methoxy groups -OCH3 is 1. The molecule has 2 aliphatic rings. The number of nitrogens with one attached hydrogen (secondary N) is 2. The van der Waals surface area contributed by atoms with Crippen LogP contribution in [0.1, 0.15) is 30.9 Å². The van der Waals surface area contributed by atoms with Gasteiger partial charge < -0.3 is 15.4 Å². The number of guanidine groups is 1. The molecule has 162 valence electrons. The van der Waals surface area contributed by atoms with E-state index in [1.165, 1.54) is 18.4 Å². The number of para-hydroxylation sites is 1. The summed E-state index contributed by atoms with van der Waals surface area (Å²) in [4.78, 5) is 6.78. The first-order valence-corrected chi connectivity index (χ1v) is 12.0. The van der Waals surface area contributed by atoms with Gasteiger partial charge in [-0.1, -0.05) is 18.2 Å². The second-order valence-corrected chi connectivity index (χ2v) is 9.54. The Morgan fingerprint density at radius 2 is 1.93 bits per heavy atom. The average molecular weight is 424 g/mol. The molecule has 1 aromatic rings. The van der Waals surface area contributed by atoms with Gasteiger partial charge in [0.05, 0.1) is 18.9 Å². The standard InChI is InChI=1S/C20H33N5O3S/c1-21-20(22-10-14-25-13-7-15-29(25,26)27)23-16-18(24-11-5-6-12-24)17-8-3-4-9-19(17)28-2/h3-4,8-9,18H,5-7,10-16H2,1-2H3,(H2,21,22,23). The van der Waals surface area contributed by atoms with Gasteiger partial charge in [-0.3, -0.25) is 9.89 Å². The summed E-state index contributed by atoms with van der Waals surface area (Å²) in [6.45, 7) is 4.45. The minimum absolute atomic E-state index is 0.186. The van der Waals surface area contributed by atoms with Crippen molar-refractivity contribution < 1.29 is 13.2 Å². The molecule has 2 fully saturated rings. The molecule has 0 aliphatic carbocycles. The van der Waals surface area contributed by atoms with Crippen LogP contribution in [0.15, 0.2) is 29.3 Å². The average Bonchev–Trinajstić information content (AvgIpc) is 3.37. The zero-order valence-corrected chi connectivity index (χ0v) is 18.2. The summed E-state index contributed by atoms with van der Waals surface area (Å²) < 4.78 is 31.0. The van der Waals surface area contributed by atoms with Crippen LogP contribution in [-0.2, 0) is 10.0 Å². The van der Waals surface area contributed by atoms with Gasteiger partial charge in [-0.15, -0.1) is 0 Å². The molecule has 9 heteroatoms. The van der Waals surface area contributed by atoms with E-state index in [2.05, 4.69) is 26.6 Å². The highest BCUT2D eigenvalue weighted by molar-refractivity contribution is 7.89. The van der Waals surface area contributed by atoms with Gasteiger partial charge in [-0.25, -0.2) is 12.7 Å². The van der Waals surface area contributed by atoms with Crippen LogP contribution in [0.2, 0.25) is 0 Å². The Morgan fingerprint density at radius 1 is 1.17 bits per heavy atom. The van der Waals surface area contributed by atoms with Crippen LogP contribution in [0.4, 0.5) is 0 Å². The number of benzene rings is 1. The van der Waals surface area contributed by atoms with Gasteiger partial charge in [0.15, 0.2) is 5.96 Å². The SMILES string of the molecule is CN=C(NCCN1CCCS1(=O)=O)NCC(c1ccccc1OC)N1CCCC1. The maximum absolute atomic E-state index is 11.9. The van der Waals surface area contributed by atoms with Crippen LogP contribution >= 0.6 is 0 Å². The smallest absolute Gasteiger partial charge is 0.214 e. The van der Waals surface area contributed by atoms with Crippen molar-refractivity contribution in [3.05, 3.63) is 29.8 Å². The van der Waals surface area contributed by atoms with Crippen molar-refractivity contribution in [2.75, 3.05) is 59.2 Å². The molecule has 3 rings (SSSR count). The second kappa shape index (κ2) is 10.3. The summed E-state index contributed by atoms with van der Waals surface area (Å²) in [6.07, 6.45) is 3.14. The second-order valence-electron chi connectivity index (χ2n) is 7.45. The Hall–Kier alpha value is -1.84. The Kier molecular flexibility index (Phi) is 7.74. The van der Waals surface area contributed by atoms with Gasteiger partial charge in [-0.05, 0) is 38.4 Å². The first-order chi connectivity index (χ1) is 14.0. The van der Waals surface area contributed by atoms with E-state index in [-0.39, 0.29) is 11.8 Å². The Balaban J connectivity index is 1.59. The first-order valence-electron chi connectivity index (χ1n) is 10.3. The van der Waals surface area contributed by atoms with Crippen molar-refractivity contribution >= 4 is 16.0 Å². The fourth-order valence-corrected chi connectivity index (χ4v) is 5.61. The van der Waals surface area contributed by atoms with Crippen LogP contribution < -0.4 is 15.4 Å². The molecule has 1 aromatic carbocycles. The fourth-order valence-electron chi connectivity index (χ4n) is 4.09. The minimum atomic E-state index is -3.06. The summed E-state index contributed by atoms with van der Waals surface area (Å²) in [7, 11) is 0.381. The summed E-state index contributed by atoms with van der Waals surface area (Å²) >= 11 is 0. The number of likely N-dealkylation sites (tertiary alicyclic amines) is 1. The molecule has 2 N–H and O–H groups in total. The van der Waals surface area contributed by atoms with E-state index in [0.29, 0.717) is 38.6 Å². The Labute approximate surface area is 174 Å². The van der Waals surface area contributed by atoms with Gasteiger partial charge in [0, 0.05) is 38.8 Å². The van der Waals surface area contributed by atoms with Crippen LogP contribution in [-0.4, -0.2) is 82.8 Å². The molecule has 2 aliphatic heterocycles. The lowest BCUT2D eigenvalue weighted by atomic mass is 10.0. The molecule has 0 bridgehead atoms. The Morgan fingerprint density at radius 3 is 2.59 bits per heavy atom. The molecule has 0 spiro atoms. The van der Waals surface area contributed by atoms with Crippen molar-refractivity contribution in [1.29, 1.82) is 0 Å². The lowest BCUT2D eigenvalue weighted by Crippen LogP contribution is -2.45. The van der Waals surface area contributed by atoms with Gasteiger partial charge in [0.2, 0.25) is 10.0 Å². The molecule has 0 amide bonds. The number of aliphatic imine (C=N–C) groups is 1. The predicted molar refractivity (Wildman–Crippen MR) is 116 cm³/mol. The maximum atomic E-state index is 11.9. The third-order valence-corrected chi connectivity index (χ3v) is 7.58. The van der Waals surface area contributed by atoms with E-state index in [0.717, 1.165) is 18.8 Å². The molecule has 0 saturated carbocycles.